The molecule has 1 fully saturated rings. The summed E-state index contributed by atoms with van der Waals surface area (Å²) in [7, 11) is 1.95. The zero-order valence-corrected chi connectivity index (χ0v) is 11.3. The van der Waals surface area contributed by atoms with Crippen LogP contribution in [0.2, 0.25) is 5.02 Å². The third kappa shape index (κ3) is 3.63. The second-order valence-corrected chi connectivity index (χ2v) is 5.15. The van der Waals surface area contributed by atoms with E-state index in [1.807, 2.05) is 18.0 Å². The summed E-state index contributed by atoms with van der Waals surface area (Å²) < 4.78 is 5.60. The number of nitrogens with zero attached hydrogens (tertiary/aromatic N) is 2. The van der Waals surface area contributed by atoms with Gasteiger partial charge in [0, 0.05) is 25.2 Å². The van der Waals surface area contributed by atoms with Gasteiger partial charge in [-0.25, -0.2) is 0 Å². The smallest absolute Gasteiger partial charge is 0.101 e. The maximum atomic E-state index is 9.06. The van der Waals surface area contributed by atoms with Crippen molar-refractivity contribution >= 4 is 17.3 Å². The molecule has 0 heterocycles. The van der Waals surface area contributed by atoms with E-state index in [0.29, 0.717) is 17.2 Å². The van der Waals surface area contributed by atoms with Gasteiger partial charge in [0.1, 0.15) is 6.07 Å². The molecule has 0 saturated heterocycles. The molecule has 0 aromatic heterocycles. The average molecular weight is 265 g/mol. The molecule has 0 aliphatic heterocycles. The van der Waals surface area contributed by atoms with Crippen LogP contribution in [-0.2, 0) is 4.74 Å². The van der Waals surface area contributed by atoms with Crippen LogP contribution in [0.3, 0.4) is 0 Å². The Balaban J connectivity index is 1.88. The number of ether oxygens (including phenoxy) is 1. The minimum absolute atomic E-state index is 0.643. The first kappa shape index (κ1) is 13.2. The molecule has 96 valence electrons. The van der Waals surface area contributed by atoms with Gasteiger partial charge in [0.2, 0.25) is 0 Å². The lowest BCUT2D eigenvalue weighted by molar-refractivity contribution is 0.131. The van der Waals surface area contributed by atoms with Gasteiger partial charge in [-0.1, -0.05) is 11.6 Å². The van der Waals surface area contributed by atoms with Gasteiger partial charge in [0.05, 0.1) is 17.9 Å². The Hall–Kier alpha value is -1.24. The van der Waals surface area contributed by atoms with Crippen molar-refractivity contribution in [3.63, 3.8) is 0 Å². The van der Waals surface area contributed by atoms with Crippen molar-refractivity contribution in [2.24, 2.45) is 5.92 Å². The van der Waals surface area contributed by atoms with E-state index in [-0.39, 0.29) is 0 Å². The highest BCUT2D eigenvalue weighted by molar-refractivity contribution is 6.30. The SMILES string of the molecule is CN(CCOCC1CC1)c1cc(Cl)ccc1C#N. The number of benzene rings is 1. The molecule has 1 aliphatic carbocycles. The quantitative estimate of drug-likeness (QED) is 0.741. The highest BCUT2D eigenvalue weighted by atomic mass is 35.5. The maximum absolute atomic E-state index is 9.06. The lowest BCUT2D eigenvalue weighted by Crippen LogP contribution is -2.23. The second kappa shape index (κ2) is 6.08. The summed E-state index contributed by atoms with van der Waals surface area (Å²) in [6.45, 7) is 2.32. The van der Waals surface area contributed by atoms with E-state index in [9.17, 15) is 0 Å². The van der Waals surface area contributed by atoms with Crippen LogP contribution in [0.15, 0.2) is 18.2 Å². The fourth-order valence-electron chi connectivity index (χ4n) is 1.77. The van der Waals surface area contributed by atoms with E-state index in [4.69, 9.17) is 21.6 Å². The number of likely N-dealkylation sites (N-methyl/N-ethyl adjacent to an activating group) is 1. The first-order valence-electron chi connectivity index (χ1n) is 6.19. The lowest BCUT2D eigenvalue weighted by atomic mass is 10.2. The van der Waals surface area contributed by atoms with Crippen LogP contribution >= 0.6 is 11.6 Å². The molecular formula is C14H17ClN2O. The standard InChI is InChI=1S/C14H17ClN2O/c1-17(6-7-18-10-11-2-3-11)14-8-13(15)5-4-12(14)9-16/h4-5,8,11H,2-3,6-7,10H2,1H3. The van der Waals surface area contributed by atoms with Gasteiger partial charge in [0.15, 0.2) is 0 Å². The Morgan fingerprint density at radius 3 is 2.94 bits per heavy atom. The topological polar surface area (TPSA) is 36.3 Å². The van der Waals surface area contributed by atoms with E-state index < -0.39 is 0 Å². The zero-order valence-electron chi connectivity index (χ0n) is 10.5. The van der Waals surface area contributed by atoms with Crippen molar-refractivity contribution < 1.29 is 4.74 Å². The Morgan fingerprint density at radius 1 is 1.50 bits per heavy atom. The lowest BCUT2D eigenvalue weighted by Gasteiger charge is -2.20. The molecule has 0 radical (unpaired) electrons. The largest absolute Gasteiger partial charge is 0.379 e. The predicted molar refractivity (Wildman–Crippen MR) is 73.0 cm³/mol. The fourth-order valence-corrected chi connectivity index (χ4v) is 1.94. The molecule has 4 heteroatoms. The van der Waals surface area contributed by atoms with E-state index >= 15 is 0 Å². The van der Waals surface area contributed by atoms with E-state index in [1.165, 1.54) is 12.8 Å². The molecule has 0 spiro atoms. The molecule has 0 bridgehead atoms. The van der Waals surface area contributed by atoms with Gasteiger partial charge < -0.3 is 9.64 Å². The summed E-state index contributed by atoms with van der Waals surface area (Å²) in [5.74, 6) is 0.788. The minimum Gasteiger partial charge on any atom is -0.379 e. The van der Waals surface area contributed by atoms with Crippen LogP contribution in [0.4, 0.5) is 5.69 Å². The fraction of sp³-hybridized carbons (Fsp3) is 0.500. The van der Waals surface area contributed by atoms with Crippen molar-refractivity contribution in [3.8, 4) is 6.07 Å². The van der Waals surface area contributed by atoms with Crippen molar-refractivity contribution in [2.75, 3.05) is 31.7 Å². The maximum Gasteiger partial charge on any atom is 0.101 e. The number of hydrogen-bond donors (Lipinski definition) is 0. The number of anilines is 1. The van der Waals surface area contributed by atoms with E-state index in [0.717, 1.165) is 24.8 Å². The third-order valence-corrected chi connectivity index (χ3v) is 3.35. The minimum atomic E-state index is 0.643. The van der Waals surface area contributed by atoms with Gasteiger partial charge in [-0.05, 0) is 37.0 Å². The third-order valence-electron chi connectivity index (χ3n) is 3.11. The van der Waals surface area contributed by atoms with Crippen LogP contribution in [0, 0.1) is 17.2 Å². The van der Waals surface area contributed by atoms with Gasteiger partial charge in [0.25, 0.3) is 0 Å². The molecule has 0 atom stereocenters. The number of nitriles is 1. The Labute approximate surface area is 113 Å². The molecule has 3 nitrogen and oxygen atoms in total. The van der Waals surface area contributed by atoms with Crippen LogP contribution in [0.5, 0.6) is 0 Å². The molecule has 1 saturated carbocycles. The van der Waals surface area contributed by atoms with Gasteiger partial charge in [-0.15, -0.1) is 0 Å². The van der Waals surface area contributed by atoms with Crippen molar-refractivity contribution in [3.05, 3.63) is 28.8 Å². The highest BCUT2D eigenvalue weighted by Gasteiger charge is 2.21. The van der Waals surface area contributed by atoms with E-state index in [2.05, 4.69) is 6.07 Å². The summed E-state index contributed by atoms with van der Waals surface area (Å²) in [6.07, 6.45) is 2.62. The normalized spacial score (nSPS) is 14.3. The Morgan fingerprint density at radius 2 is 2.28 bits per heavy atom. The molecule has 2 rings (SSSR count). The summed E-state index contributed by atoms with van der Waals surface area (Å²) in [5.41, 5.74) is 1.50. The Kier molecular flexibility index (Phi) is 4.46. The summed E-state index contributed by atoms with van der Waals surface area (Å²) in [6, 6.07) is 7.49. The zero-order chi connectivity index (χ0) is 13.0. The van der Waals surface area contributed by atoms with Crippen molar-refractivity contribution in [1.82, 2.24) is 0 Å². The number of hydrogen-bond acceptors (Lipinski definition) is 3. The van der Waals surface area contributed by atoms with Gasteiger partial charge in [-0.3, -0.25) is 0 Å². The summed E-state index contributed by atoms with van der Waals surface area (Å²) >= 11 is 5.96. The first-order chi connectivity index (χ1) is 8.70. The average Bonchev–Trinajstić information content (AvgIpc) is 3.18. The van der Waals surface area contributed by atoms with Gasteiger partial charge >= 0.3 is 0 Å². The van der Waals surface area contributed by atoms with Crippen molar-refractivity contribution in [2.45, 2.75) is 12.8 Å². The molecule has 18 heavy (non-hydrogen) atoms. The highest BCUT2D eigenvalue weighted by Crippen LogP contribution is 2.28. The molecule has 0 unspecified atom stereocenters. The number of rotatable bonds is 6. The predicted octanol–water partition coefficient (Wildman–Crippen LogP) is 3.07. The monoisotopic (exact) mass is 264 g/mol. The Bertz CT molecular complexity index is 452. The molecule has 0 amide bonds. The second-order valence-electron chi connectivity index (χ2n) is 4.71. The molecule has 0 N–H and O–H groups in total. The van der Waals surface area contributed by atoms with Gasteiger partial charge in [-0.2, -0.15) is 5.26 Å². The van der Waals surface area contributed by atoms with Crippen molar-refractivity contribution in [1.29, 1.82) is 5.26 Å². The molecular weight excluding hydrogens is 248 g/mol. The first-order valence-corrected chi connectivity index (χ1v) is 6.57. The molecule has 1 aromatic carbocycles. The molecule has 1 aliphatic rings. The summed E-state index contributed by atoms with van der Waals surface area (Å²) in [4.78, 5) is 2.01. The van der Waals surface area contributed by atoms with Crippen LogP contribution in [0.1, 0.15) is 18.4 Å². The number of halogens is 1. The van der Waals surface area contributed by atoms with Crippen LogP contribution < -0.4 is 4.90 Å². The van der Waals surface area contributed by atoms with E-state index in [1.54, 1.807) is 12.1 Å². The van der Waals surface area contributed by atoms with Crippen LogP contribution in [0.25, 0.3) is 0 Å². The van der Waals surface area contributed by atoms with Crippen LogP contribution in [-0.4, -0.2) is 26.8 Å². The molecule has 1 aromatic rings. The summed E-state index contributed by atoms with van der Waals surface area (Å²) in [5, 5.41) is 9.71.